The zero-order chi connectivity index (χ0) is 15.9. The number of halogens is 1. The van der Waals surface area contributed by atoms with Crippen molar-refractivity contribution in [3.8, 4) is 11.5 Å². The van der Waals surface area contributed by atoms with Gasteiger partial charge in [-0.3, -0.25) is 4.79 Å². The Morgan fingerprint density at radius 1 is 1.14 bits per heavy atom. The van der Waals surface area contributed by atoms with Crippen molar-refractivity contribution in [1.29, 1.82) is 0 Å². The first-order chi connectivity index (χ1) is 10.7. The third-order valence-electron chi connectivity index (χ3n) is 3.19. The second-order valence-corrected chi connectivity index (χ2v) is 5.08. The molecule has 5 heteroatoms. The first kappa shape index (κ1) is 16.3. The van der Waals surface area contributed by atoms with Crippen LogP contribution in [0.1, 0.15) is 21.5 Å². The summed E-state index contributed by atoms with van der Waals surface area (Å²) in [6.45, 7) is 0.0915. The van der Waals surface area contributed by atoms with Gasteiger partial charge in [-0.1, -0.05) is 23.7 Å². The highest BCUT2D eigenvalue weighted by Gasteiger charge is 2.12. The summed E-state index contributed by atoms with van der Waals surface area (Å²) in [4.78, 5) is 11.0. The molecule has 0 radical (unpaired) electrons. The molecule has 0 heterocycles. The lowest BCUT2D eigenvalue weighted by Crippen LogP contribution is -2.04. The third-order valence-corrected chi connectivity index (χ3v) is 3.52. The maximum atomic E-state index is 11.0. The van der Waals surface area contributed by atoms with Crippen molar-refractivity contribution in [2.75, 3.05) is 21.0 Å². The molecule has 0 aromatic heterocycles. The summed E-state index contributed by atoms with van der Waals surface area (Å²) in [5.41, 5.74) is 2.34. The van der Waals surface area contributed by atoms with Crippen LogP contribution in [-0.2, 0) is 11.2 Å². The van der Waals surface area contributed by atoms with Crippen molar-refractivity contribution >= 4 is 17.9 Å². The van der Waals surface area contributed by atoms with Gasteiger partial charge >= 0.3 is 0 Å². The van der Waals surface area contributed by atoms with E-state index >= 15 is 0 Å². The van der Waals surface area contributed by atoms with E-state index in [9.17, 15) is 4.79 Å². The fourth-order valence-corrected chi connectivity index (χ4v) is 2.36. The van der Waals surface area contributed by atoms with Gasteiger partial charge in [0.05, 0.1) is 7.11 Å². The standard InChI is InChI=1S/C17H17ClO4/c1-20-11-22-17-9-13(10-19)8-16(18)15(17)7-12-3-5-14(21-2)6-4-12/h3-6,8-10H,7,11H2,1-2H3. The lowest BCUT2D eigenvalue weighted by Gasteiger charge is -2.14. The molecule has 22 heavy (non-hydrogen) atoms. The number of carbonyl (C=O) groups is 1. The zero-order valence-electron chi connectivity index (χ0n) is 12.5. The zero-order valence-corrected chi connectivity index (χ0v) is 13.2. The normalized spacial score (nSPS) is 10.3. The predicted octanol–water partition coefficient (Wildman–Crippen LogP) is 3.73. The minimum atomic E-state index is 0.0915. The molecule has 0 unspecified atom stereocenters. The van der Waals surface area contributed by atoms with E-state index in [0.29, 0.717) is 22.8 Å². The quantitative estimate of drug-likeness (QED) is 0.576. The number of carbonyl (C=O) groups excluding carboxylic acids is 1. The summed E-state index contributed by atoms with van der Waals surface area (Å²) in [6, 6.07) is 11.0. The molecule has 116 valence electrons. The van der Waals surface area contributed by atoms with Crippen LogP contribution < -0.4 is 9.47 Å². The van der Waals surface area contributed by atoms with Crippen LogP contribution in [0.5, 0.6) is 11.5 Å². The Kier molecular flexibility index (Phi) is 5.81. The minimum absolute atomic E-state index is 0.0915. The summed E-state index contributed by atoms with van der Waals surface area (Å²) in [7, 11) is 3.16. The maximum absolute atomic E-state index is 11.0. The Bertz CT molecular complexity index is 638. The van der Waals surface area contributed by atoms with E-state index in [1.165, 1.54) is 7.11 Å². The van der Waals surface area contributed by atoms with Crippen LogP contribution >= 0.6 is 11.6 Å². The molecule has 0 N–H and O–H groups in total. The number of methoxy groups -OCH3 is 2. The Hall–Kier alpha value is -2.04. The summed E-state index contributed by atoms with van der Waals surface area (Å²) < 4.78 is 15.6. The van der Waals surface area contributed by atoms with Gasteiger partial charge in [0.1, 0.15) is 17.8 Å². The molecule has 0 aliphatic heterocycles. The lowest BCUT2D eigenvalue weighted by molar-refractivity contribution is 0.0504. The van der Waals surface area contributed by atoms with Crippen molar-refractivity contribution < 1.29 is 19.0 Å². The molecule has 0 spiro atoms. The molecular formula is C17H17ClO4. The molecule has 0 atom stereocenters. The van der Waals surface area contributed by atoms with Gasteiger partial charge in [0.15, 0.2) is 6.79 Å². The molecule has 0 amide bonds. The van der Waals surface area contributed by atoms with Crippen LogP contribution in [0.25, 0.3) is 0 Å². The van der Waals surface area contributed by atoms with Crippen molar-refractivity contribution in [1.82, 2.24) is 0 Å². The fourth-order valence-electron chi connectivity index (χ4n) is 2.07. The van der Waals surface area contributed by atoms with Gasteiger partial charge in [-0.25, -0.2) is 0 Å². The van der Waals surface area contributed by atoms with Gasteiger partial charge in [-0.05, 0) is 29.8 Å². The van der Waals surface area contributed by atoms with Crippen LogP contribution in [0.4, 0.5) is 0 Å². The van der Waals surface area contributed by atoms with Crippen molar-refractivity contribution in [2.24, 2.45) is 0 Å². The molecule has 0 aliphatic rings. The van der Waals surface area contributed by atoms with E-state index in [2.05, 4.69) is 0 Å². The monoisotopic (exact) mass is 320 g/mol. The van der Waals surface area contributed by atoms with Crippen molar-refractivity contribution in [2.45, 2.75) is 6.42 Å². The van der Waals surface area contributed by atoms with Gasteiger partial charge < -0.3 is 14.2 Å². The summed E-state index contributed by atoms with van der Waals surface area (Å²) in [5.74, 6) is 1.34. The maximum Gasteiger partial charge on any atom is 0.188 e. The van der Waals surface area contributed by atoms with Gasteiger partial charge in [0.2, 0.25) is 0 Å². The lowest BCUT2D eigenvalue weighted by atomic mass is 10.0. The van der Waals surface area contributed by atoms with E-state index in [4.69, 9.17) is 25.8 Å². The topological polar surface area (TPSA) is 44.8 Å². The number of hydrogen-bond acceptors (Lipinski definition) is 4. The van der Waals surface area contributed by atoms with Crippen LogP contribution in [0.3, 0.4) is 0 Å². The molecule has 0 saturated carbocycles. The molecular weight excluding hydrogens is 304 g/mol. The van der Waals surface area contributed by atoms with Crippen LogP contribution in [0.2, 0.25) is 5.02 Å². The van der Waals surface area contributed by atoms with Crippen molar-refractivity contribution in [3.63, 3.8) is 0 Å². The van der Waals surface area contributed by atoms with Gasteiger partial charge in [-0.15, -0.1) is 0 Å². The van der Waals surface area contributed by atoms with Gasteiger partial charge in [0, 0.05) is 29.7 Å². The molecule has 2 aromatic rings. The summed E-state index contributed by atoms with van der Waals surface area (Å²) in [5, 5.41) is 0.492. The number of benzene rings is 2. The van der Waals surface area contributed by atoms with E-state index < -0.39 is 0 Å². The summed E-state index contributed by atoms with van der Waals surface area (Å²) >= 11 is 6.30. The molecule has 4 nitrogen and oxygen atoms in total. The van der Waals surface area contributed by atoms with E-state index in [1.54, 1.807) is 19.2 Å². The Balaban J connectivity index is 2.32. The predicted molar refractivity (Wildman–Crippen MR) is 85.1 cm³/mol. The number of ether oxygens (including phenoxy) is 3. The molecule has 0 aliphatic carbocycles. The van der Waals surface area contributed by atoms with Crippen LogP contribution in [0.15, 0.2) is 36.4 Å². The second kappa shape index (κ2) is 7.82. The minimum Gasteiger partial charge on any atom is -0.497 e. The average Bonchev–Trinajstić information content (AvgIpc) is 2.55. The highest BCUT2D eigenvalue weighted by molar-refractivity contribution is 6.31. The van der Waals surface area contributed by atoms with Crippen LogP contribution in [-0.4, -0.2) is 27.3 Å². The molecule has 2 rings (SSSR count). The molecule has 0 fully saturated rings. The first-order valence-electron chi connectivity index (χ1n) is 6.70. The molecule has 0 saturated heterocycles. The Morgan fingerprint density at radius 2 is 1.86 bits per heavy atom. The smallest absolute Gasteiger partial charge is 0.188 e. The SMILES string of the molecule is COCOc1cc(C=O)cc(Cl)c1Cc1ccc(OC)cc1. The van der Waals surface area contributed by atoms with Crippen LogP contribution in [0, 0.1) is 0 Å². The largest absolute Gasteiger partial charge is 0.497 e. The second-order valence-electron chi connectivity index (χ2n) is 4.67. The number of rotatable bonds is 7. The first-order valence-corrected chi connectivity index (χ1v) is 7.08. The Labute approximate surface area is 134 Å². The average molecular weight is 321 g/mol. The Morgan fingerprint density at radius 3 is 2.45 bits per heavy atom. The van der Waals surface area contributed by atoms with Crippen molar-refractivity contribution in [3.05, 3.63) is 58.1 Å². The fraction of sp³-hybridized carbons (Fsp3) is 0.235. The van der Waals surface area contributed by atoms with E-state index in [1.807, 2.05) is 24.3 Å². The van der Waals surface area contributed by atoms with E-state index in [-0.39, 0.29) is 6.79 Å². The molecule has 0 bridgehead atoms. The van der Waals surface area contributed by atoms with Gasteiger partial charge in [-0.2, -0.15) is 0 Å². The number of aldehydes is 1. The summed E-state index contributed by atoms with van der Waals surface area (Å²) in [6.07, 6.45) is 1.32. The van der Waals surface area contributed by atoms with E-state index in [0.717, 1.165) is 23.2 Å². The van der Waals surface area contributed by atoms with Gasteiger partial charge in [0.25, 0.3) is 0 Å². The molecule has 2 aromatic carbocycles. The highest BCUT2D eigenvalue weighted by atomic mass is 35.5. The highest BCUT2D eigenvalue weighted by Crippen LogP contribution is 2.31. The third kappa shape index (κ3) is 4.00. The number of hydrogen-bond donors (Lipinski definition) is 0.